The molecule has 2 rings (SSSR count). The second-order valence-corrected chi connectivity index (χ2v) is 6.37. The number of aliphatic hydroxyl groups is 1. The van der Waals surface area contributed by atoms with Gasteiger partial charge >= 0.3 is 0 Å². The topological polar surface area (TPSA) is 81.7 Å². The maximum Gasteiger partial charge on any atom is 0.245 e. The first-order valence-corrected chi connectivity index (χ1v) is 7.39. The Hall–Kier alpha value is -1.14. The van der Waals surface area contributed by atoms with Crippen molar-refractivity contribution in [1.29, 1.82) is 0 Å². The number of carbonyl (C=O) groups is 2. The summed E-state index contributed by atoms with van der Waals surface area (Å²) in [4.78, 5) is 26.0. The van der Waals surface area contributed by atoms with Crippen molar-refractivity contribution in [2.24, 2.45) is 5.92 Å². The smallest absolute Gasteiger partial charge is 0.245 e. The van der Waals surface area contributed by atoms with Gasteiger partial charge in [0.15, 0.2) is 0 Å². The zero-order valence-corrected chi connectivity index (χ0v) is 12.5. The van der Waals surface area contributed by atoms with Crippen LogP contribution in [0.2, 0.25) is 0 Å². The Balaban J connectivity index is 2.00. The molecule has 6 nitrogen and oxygen atoms in total. The average molecular weight is 283 g/mol. The van der Waals surface area contributed by atoms with Crippen molar-refractivity contribution >= 4 is 11.8 Å². The Labute approximate surface area is 119 Å². The van der Waals surface area contributed by atoms with Crippen molar-refractivity contribution in [3.05, 3.63) is 0 Å². The number of β-lactam (4-membered cyclic amide) rings is 1. The van der Waals surface area contributed by atoms with Gasteiger partial charge in [-0.2, -0.15) is 0 Å². The van der Waals surface area contributed by atoms with Crippen LogP contribution in [-0.2, 0) is 9.59 Å². The summed E-state index contributed by atoms with van der Waals surface area (Å²) in [6.45, 7) is 7.47. The van der Waals surface area contributed by atoms with Gasteiger partial charge in [0.25, 0.3) is 0 Å². The van der Waals surface area contributed by atoms with Crippen LogP contribution in [0, 0.1) is 5.92 Å². The third-order valence-corrected chi connectivity index (χ3v) is 4.10. The van der Waals surface area contributed by atoms with Gasteiger partial charge in [-0.15, -0.1) is 0 Å². The molecule has 0 aromatic rings. The maximum absolute atomic E-state index is 12.3. The molecule has 0 aromatic carbocycles. The molecule has 2 fully saturated rings. The van der Waals surface area contributed by atoms with E-state index < -0.39 is 17.7 Å². The molecule has 20 heavy (non-hydrogen) atoms. The van der Waals surface area contributed by atoms with Gasteiger partial charge in [-0.25, -0.2) is 0 Å². The third-order valence-electron chi connectivity index (χ3n) is 4.10. The summed E-state index contributed by atoms with van der Waals surface area (Å²) in [5.41, 5.74) is -0.467. The molecule has 6 heteroatoms. The number of nitrogens with one attached hydrogen (secondary N) is 2. The van der Waals surface area contributed by atoms with Crippen LogP contribution in [-0.4, -0.2) is 59.1 Å². The molecule has 1 spiro atoms. The number of carbonyl (C=O) groups excluding carboxylic acids is 2. The van der Waals surface area contributed by atoms with Gasteiger partial charge in [0.1, 0.15) is 11.6 Å². The first-order valence-electron chi connectivity index (χ1n) is 7.39. The van der Waals surface area contributed by atoms with Crippen molar-refractivity contribution in [3.8, 4) is 0 Å². The predicted molar refractivity (Wildman–Crippen MR) is 75.0 cm³/mol. The number of hydrogen-bond donors (Lipinski definition) is 3. The summed E-state index contributed by atoms with van der Waals surface area (Å²) in [7, 11) is 0. The highest BCUT2D eigenvalue weighted by Gasteiger charge is 2.57. The lowest BCUT2D eigenvalue weighted by atomic mass is 9.84. The van der Waals surface area contributed by atoms with E-state index in [1.54, 1.807) is 6.92 Å². The molecule has 114 valence electrons. The van der Waals surface area contributed by atoms with E-state index in [0.29, 0.717) is 19.0 Å². The van der Waals surface area contributed by atoms with E-state index >= 15 is 0 Å². The summed E-state index contributed by atoms with van der Waals surface area (Å²) in [5.74, 6) is 0.0130. The summed E-state index contributed by atoms with van der Waals surface area (Å²) >= 11 is 0. The van der Waals surface area contributed by atoms with Gasteiger partial charge in [-0.05, 0) is 32.2 Å². The van der Waals surface area contributed by atoms with Gasteiger partial charge in [0, 0.05) is 13.1 Å². The van der Waals surface area contributed by atoms with Crippen LogP contribution < -0.4 is 10.6 Å². The highest BCUT2D eigenvalue weighted by atomic mass is 16.3. The van der Waals surface area contributed by atoms with Gasteiger partial charge in [-0.1, -0.05) is 13.8 Å². The molecule has 0 bridgehead atoms. The second-order valence-electron chi connectivity index (χ2n) is 6.37. The van der Waals surface area contributed by atoms with Crippen molar-refractivity contribution in [1.82, 2.24) is 15.5 Å². The van der Waals surface area contributed by atoms with E-state index in [1.807, 2.05) is 13.8 Å². The third kappa shape index (κ3) is 2.67. The molecule has 0 aromatic heterocycles. The van der Waals surface area contributed by atoms with E-state index in [1.165, 1.54) is 4.90 Å². The predicted octanol–water partition coefficient (Wildman–Crippen LogP) is -0.528. The summed E-state index contributed by atoms with van der Waals surface area (Å²) in [6.07, 6.45) is 0.936. The Kier molecular flexibility index (Phi) is 4.34. The second kappa shape index (κ2) is 5.69. The molecule has 2 amide bonds. The zero-order valence-electron chi connectivity index (χ0n) is 12.5. The van der Waals surface area contributed by atoms with Crippen LogP contribution >= 0.6 is 0 Å². The van der Waals surface area contributed by atoms with E-state index in [2.05, 4.69) is 10.6 Å². The maximum atomic E-state index is 12.3. The Morgan fingerprint density at radius 1 is 1.50 bits per heavy atom. The van der Waals surface area contributed by atoms with Crippen LogP contribution in [0.5, 0.6) is 0 Å². The lowest BCUT2D eigenvalue weighted by Crippen LogP contribution is -2.76. The minimum atomic E-state index is -0.870. The van der Waals surface area contributed by atoms with Crippen LogP contribution in [0.15, 0.2) is 0 Å². The number of hydrogen-bond acceptors (Lipinski definition) is 4. The van der Waals surface area contributed by atoms with Crippen LogP contribution in [0.3, 0.4) is 0 Å². The minimum Gasteiger partial charge on any atom is -0.391 e. The molecule has 0 radical (unpaired) electrons. The van der Waals surface area contributed by atoms with E-state index in [0.717, 1.165) is 19.4 Å². The average Bonchev–Trinajstić information content (AvgIpc) is 2.86. The van der Waals surface area contributed by atoms with E-state index in [4.69, 9.17) is 0 Å². The molecular formula is C14H25N3O3. The molecule has 0 saturated carbocycles. The molecular weight excluding hydrogens is 258 g/mol. The van der Waals surface area contributed by atoms with Crippen LogP contribution in [0.25, 0.3) is 0 Å². The number of likely N-dealkylation sites (tertiary alicyclic amines) is 1. The number of nitrogens with zero attached hydrogens (tertiary/aromatic N) is 1. The van der Waals surface area contributed by atoms with Crippen molar-refractivity contribution < 1.29 is 14.7 Å². The number of rotatable bonds is 5. The van der Waals surface area contributed by atoms with Gasteiger partial charge in [-0.3, -0.25) is 9.59 Å². The molecule has 3 atom stereocenters. The Morgan fingerprint density at radius 2 is 2.20 bits per heavy atom. The molecule has 3 N–H and O–H groups in total. The standard InChI is InChI=1S/C14H25N3O3/c1-9(2)7-15-12(19)11(10(3)18)17-8-14(13(17)20)5-4-6-16-14/h9-11,16,18H,4-8H2,1-3H3,(H,15,19)/t10-,11+,14?/m1/s1. The lowest BCUT2D eigenvalue weighted by Gasteiger charge is -2.50. The monoisotopic (exact) mass is 283 g/mol. The molecule has 2 aliphatic heterocycles. The van der Waals surface area contributed by atoms with Gasteiger partial charge < -0.3 is 20.6 Å². The molecule has 1 unspecified atom stereocenters. The molecule has 2 aliphatic rings. The van der Waals surface area contributed by atoms with Crippen molar-refractivity contribution in [2.75, 3.05) is 19.6 Å². The van der Waals surface area contributed by atoms with Crippen LogP contribution in [0.1, 0.15) is 33.6 Å². The normalized spacial score (nSPS) is 28.6. The number of amides is 2. The fraction of sp³-hybridized carbons (Fsp3) is 0.857. The first-order chi connectivity index (χ1) is 9.37. The van der Waals surface area contributed by atoms with Gasteiger partial charge in [0.05, 0.1) is 6.10 Å². The summed E-state index contributed by atoms with van der Waals surface area (Å²) < 4.78 is 0. The molecule has 2 heterocycles. The molecule has 0 aliphatic carbocycles. The van der Waals surface area contributed by atoms with Crippen molar-refractivity contribution in [3.63, 3.8) is 0 Å². The quantitative estimate of drug-likeness (QED) is 0.593. The highest BCUT2D eigenvalue weighted by Crippen LogP contribution is 2.33. The van der Waals surface area contributed by atoms with E-state index in [9.17, 15) is 14.7 Å². The summed E-state index contributed by atoms with van der Waals surface area (Å²) in [6, 6.07) is -0.783. The lowest BCUT2D eigenvalue weighted by molar-refractivity contribution is -0.164. The largest absolute Gasteiger partial charge is 0.391 e. The Bertz CT molecular complexity index is 389. The van der Waals surface area contributed by atoms with Gasteiger partial charge in [0.2, 0.25) is 11.8 Å². The SMILES string of the molecule is CC(C)CNC(=O)[C@H]([C@@H](C)O)N1CC2(CCCN2)C1=O. The first kappa shape index (κ1) is 15.3. The zero-order chi connectivity index (χ0) is 14.9. The van der Waals surface area contributed by atoms with Crippen LogP contribution in [0.4, 0.5) is 0 Å². The Morgan fingerprint density at radius 3 is 2.65 bits per heavy atom. The minimum absolute atomic E-state index is 0.0550. The fourth-order valence-corrected chi connectivity index (χ4v) is 2.99. The van der Waals surface area contributed by atoms with E-state index in [-0.39, 0.29) is 11.8 Å². The molecule has 2 saturated heterocycles. The highest BCUT2D eigenvalue weighted by molar-refractivity contribution is 5.97. The summed E-state index contributed by atoms with van der Waals surface area (Å²) in [5, 5.41) is 15.9. The fourth-order valence-electron chi connectivity index (χ4n) is 2.99. The van der Waals surface area contributed by atoms with Crippen molar-refractivity contribution in [2.45, 2.75) is 51.3 Å². The number of aliphatic hydroxyl groups excluding tert-OH is 1.